The predicted molar refractivity (Wildman–Crippen MR) is 74.0 cm³/mol. The summed E-state index contributed by atoms with van der Waals surface area (Å²) in [4.78, 5) is 20.2. The first kappa shape index (κ1) is 11.4. The highest BCUT2D eigenvalue weighted by Gasteiger charge is 2.25. The van der Waals surface area contributed by atoms with Crippen LogP contribution in [0.1, 0.15) is 41.2 Å². The van der Waals surface area contributed by atoms with E-state index in [-0.39, 0.29) is 5.56 Å². The lowest BCUT2D eigenvalue weighted by Crippen LogP contribution is -2.13. The van der Waals surface area contributed by atoms with Crippen molar-refractivity contribution in [3.05, 3.63) is 41.9 Å². The summed E-state index contributed by atoms with van der Waals surface area (Å²) in [6, 6.07) is 5.04. The molecule has 100 valence electrons. The van der Waals surface area contributed by atoms with Gasteiger partial charge in [-0.05, 0) is 31.0 Å². The average molecular weight is 267 g/mol. The number of hydrogen-bond donors (Lipinski definition) is 1. The van der Waals surface area contributed by atoms with Gasteiger partial charge in [0.25, 0.3) is 0 Å². The molecule has 20 heavy (non-hydrogen) atoms. The molecule has 0 atom stereocenters. The number of carbonyl (C=O) groups is 1. The Balaban J connectivity index is 2.05. The second-order valence-electron chi connectivity index (χ2n) is 5.25. The van der Waals surface area contributed by atoms with Crippen molar-refractivity contribution in [3.63, 3.8) is 0 Å². The van der Waals surface area contributed by atoms with Crippen LogP contribution in [-0.2, 0) is 0 Å². The number of carboxylic acids is 1. The third-order valence-electron chi connectivity index (χ3n) is 4.08. The van der Waals surface area contributed by atoms with E-state index in [1.54, 1.807) is 24.4 Å². The first-order valence-corrected chi connectivity index (χ1v) is 6.74. The Hall–Kier alpha value is -2.43. The van der Waals surface area contributed by atoms with Gasteiger partial charge in [0.15, 0.2) is 5.65 Å². The summed E-state index contributed by atoms with van der Waals surface area (Å²) >= 11 is 0. The molecule has 2 aromatic heterocycles. The van der Waals surface area contributed by atoms with Crippen LogP contribution in [0.25, 0.3) is 16.7 Å². The van der Waals surface area contributed by atoms with Crippen molar-refractivity contribution in [2.75, 3.05) is 0 Å². The summed E-state index contributed by atoms with van der Waals surface area (Å²) in [5.41, 5.74) is 3.77. The molecule has 1 saturated carbocycles. The van der Waals surface area contributed by atoms with Crippen molar-refractivity contribution >= 4 is 22.6 Å². The van der Waals surface area contributed by atoms with Crippen LogP contribution in [0.4, 0.5) is 0 Å². The second kappa shape index (κ2) is 4.03. The topological polar surface area (TPSA) is 67.5 Å². The third-order valence-corrected chi connectivity index (χ3v) is 4.08. The molecule has 3 aromatic rings. The van der Waals surface area contributed by atoms with E-state index in [1.165, 1.54) is 6.42 Å². The van der Waals surface area contributed by atoms with E-state index in [0.717, 1.165) is 35.2 Å². The summed E-state index contributed by atoms with van der Waals surface area (Å²) in [7, 11) is 0. The molecule has 2 heterocycles. The minimum absolute atomic E-state index is 0.268. The Kier molecular flexibility index (Phi) is 2.30. The molecule has 5 nitrogen and oxygen atoms in total. The van der Waals surface area contributed by atoms with Gasteiger partial charge in [-0.1, -0.05) is 6.42 Å². The lowest BCUT2D eigenvalue weighted by atomic mass is 9.83. The van der Waals surface area contributed by atoms with Crippen LogP contribution < -0.4 is 0 Å². The van der Waals surface area contributed by atoms with Crippen molar-refractivity contribution in [2.24, 2.45) is 0 Å². The van der Waals surface area contributed by atoms with Gasteiger partial charge in [0.2, 0.25) is 0 Å². The molecule has 5 heteroatoms. The number of aromatic nitrogens is 3. The number of nitrogens with zero attached hydrogens (tertiary/aromatic N) is 3. The molecule has 0 radical (unpaired) electrons. The molecular weight excluding hydrogens is 254 g/mol. The van der Waals surface area contributed by atoms with Gasteiger partial charge >= 0.3 is 5.97 Å². The standard InChI is InChI=1S/C15H13N3O2/c19-15(20)10-4-5-12-11(8-10)17-13(9-2-1-3-9)14-16-6-7-18(12)14/h4-9H,1-3H2,(H,19,20). The first-order valence-electron chi connectivity index (χ1n) is 6.74. The molecule has 1 aliphatic carbocycles. The zero-order valence-electron chi connectivity index (χ0n) is 10.8. The van der Waals surface area contributed by atoms with Crippen LogP contribution in [0, 0.1) is 0 Å². The number of carboxylic acid groups (broad SMARTS) is 1. The summed E-state index contributed by atoms with van der Waals surface area (Å²) in [6.45, 7) is 0. The van der Waals surface area contributed by atoms with E-state index in [1.807, 2.05) is 10.6 Å². The van der Waals surface area contributed by atoms with Crippen molar-refractivity contribution in [1.29, 1.82) is 0 Å². The SMILES string of the molecule is O=C(O)c1ccc2c(c1)nc(C1CCC1)c1nccn12. The number of benzene rings is 1. The Morgan fingerprint density at radius 2 is 2.20 bits per heavy atom. The maximum Gasteiger partial charge on any atom is 0.335 e. The Labute approximate surface area is 114 Å². The van der Waals surface area contributed by atoms with Crippen molar-refractivity contribution in [1.82, 2.24) is 14.4 Å². The molecule has 1 aliphatic rings. The Morgan fingerprint density at radius 1 is 1.35 bits per heavy atom. The molecule has 0 bridgehead atoms. The monoisotopic (exact) mass is 267 g/mol. The number of aromatic carboxylic acids is 1. The normalized spacial score (nSPS) is 15.6. The smallest absolute Gasteiger partial charge is 0.335 e. The van der Waals surface area contributed by atoms with E-state index in [0.29, 0.717) is 5.92 Å². The fraction of sp³-hybridized carbons (Fsp3) is 0.267. The number of rotatable bonds is 2. The summed E-state index contributed by atoms with van der Waals surface area (Å²) in [5, 5.41) is 9.11. The van der Waals surface area contributed by atoms with Gasteiger partial charge in [0, 0.05) is 18.3 Å². The average Bonchev–Trinajstić information content (AvgIpc) is 2.85. The van der Waals surface area contributed by atoms with Gasteiger partial charge in [-0.15, -0.1) is 0 Å². The van der Waals surface area contributed by atoms with Crippen LogP contribution >= 0.6 is 0 Å². The molecule has 1 N–H and O–H groups in total. The van der Waals surface area contributed by atoms with Gasteiger partial charge in [0.05, 0.1) is 22.3 Å². The number of fused-ring (bicyclic) bond motifs is 3. The maximum atomic E-state index is 11.1. The van der Waals surface area contributed by atoms with Crippen molar-refractivity contribution in [3.8, 4) is 0 Å². The molecule has 0 saturated heterocycles. The van der Waals surface area contributed by atoms with E-state index in [4.69, 9.17) is 10.1 Å². The zero-order valence-corrected chi connectivity index (χ0v) is 10.8. The molecule has 0 unspecified atom stereocenters. The van der Waals surface area contributed by atoms with Crippen molar-refractivity contribution < 1.29 is 9.90 Å². The molecule has 0 spiro atoms. The molecule has 0 aliphatic heterocycles. The molecule has 1 fully saturated rings. The highest BCUT2D eigenvalue weighted by atomic mass is 16.4. The van der Waals surface area contributed by atoms with E-state index in [2.05, 4.69) is 4.98 Å². The molecule has 0 amide bonds. The van der Waals surface area contributed by atoms with Gasteiger partial charge in [-0.3, -0.25) is 4.40 Å². The van der Waals surface area contributed by atoms with Crippen LogP contribution in [0.5, 0.6) is 0 Å². The van der Waals surface area contributed by atoms with E-state index >= 15 is 0 Å². The van der Waals surface area contributed by atoms with Crippen molar-refractivity contribution in [2.45, 2.75) is 25.2 Å². The lowest BCUT2D eigenvalue weighted by Gasteiger charge is -2.25. The first-order chi connectivity index (χ1) is 9.74. The summed E-state index contributed by atoms with van der Waals surface area (Å²) in [6.07, 6.45) is 7.18. The second-order valence-corrected chi connectivity index (χ2v) is 5.25. The predicted octanol–water partition coefficient (Wildman–Crippen LogP) is 2.85. The fourth-order valence-corrected chi connectivity index (χ4v) is 2.77. The molecular formula is C15H13N3O2. The highest BCUT2D eigenvalue weighted by molar-refractivity contribution is 5.92. The highest BCUT2D eigenvalue weighted by Crippen LogP contribution is 2.37. The Morgan fingerprint density at radius 3 is 2.90 bits per heavy atom. The summed E-state index contributed by atoms with van der Waals surface area (Å²) < 4.78 is 2.00. The molecule has 4 rings (SSSR count). The Bertz CT molecular complexity index is 834. The van der Waals surface area contributed by atoms with Gasteiger partial charge in [0.1, 0.15) is 0 Å². The fourth-order valence-electron chi connectivity index (χ4n) is 2.77. The van der Waals surface area contributed by atoms with Crippen LogP contribution in [0.3, 0.4) is 0 Å². The third kappa shape index (κ3) is 1.52. The zero-order chi connectivity index (χ0) is 13.7. The minimum atomic E-state index is -0.926. The summed E-state index contributed by atoms with van der Waals surface area (Å²) in [5.74, 6) is -0.470. The maximum absolute atomic E-state index is 11.1. The minimum Gasteiger partial charge on any atom is -0.478 e. The van der Waals surface area contributed by atoms with Crippen LogP contribution in [0.15, 0.2) is 30.6 Å². The van der Waals surface area contributed by atoms with E-state index < -0.39 is 5.97 Å². The van der Waals surface area contributed by atoms with Gasteiger partial charge in [-0.25, -0.2) is 14.8 Å². The largest absolute Gasteiger partial charge is 0.478 e. The van der Waals surface area contributed by atoms with Gasteiger partial charge in [-0.2, -0.15) is 0 Å². The number of imidazole rings is 1. The quantitative estimate of drug-likeness (QED) is 0.775. The number of hydrogen-bond acceptors (Lipinski definition) is 3. The lowest BCUT2D eigenvalue weighted by molar-refractivity contribution is 0.0697. The van der Waals surface area contributed by atoms with Crippen LogP contribution in [-0.4, -0.2) is 25.4 Å². The van der Waals surface area contributed by atoms with E-state index in [9.17, 15) is 4.79 Å². The van der Waals surface area contributed by atoms with Gasteiger partial charge < -0.3 is 5.11 Å². The van der Waals surface area contributed by atoms with Crippen LogP contribution in [0.2, 0.25) is 0 Å². The molecule has 1 aromatic carbocycles.